The van der Waals surface area contributed by atoms with Crippen LogP contribution in [0.2, 0.25) is 0 Å². The lowest BCUT2D eigenvalue weighted by Crippen LogP contribution is -2.01. The van der Waals surface area contributed by atoms with E-state index in [9.17, 15) is 9.18 Å². The van der Waals surface area contributed by atoms with Gasteiger partial charge in [-0.2, -0.15) is 0 Å². The number of fused-ring (bicyclic) bond motifs is 1. The molecule has 3 rings (SSSR count). The fourth-order valence-electron chi connectivity index (χ4n) is 2.16. The van der Waals surface area contributed by atoms with Gasteiger partial charge in [-0.3, -0.25) is 4.79 Å². The molecule has 1 heterocycles. The number of benzene rings is 2. The quantitative estimate of drug-likeness (QED) is 0.603. The van der Waals surface area contributed by atoms with Crippen LogP contribution in [0.25, 0.3) is 10.9 Å². The highest BCUT2D eigenvalue weighted by Crippen LogP contribution is 2.29. The maximum Gasteiger partial charge on any atom is 0.195 e. The fraction of sp³-hybridized carbons (Fsp3) is 0. The number of halogens is 3. The van der Waals surface area contributed by atoms with E-state index in [2.05, 4.69) is 36.8 Å². The third kappa shape index (κ3) is 2.31. The number of rotatable bonds is 2. The first-order valence-electron chi connectivity index (χ1n) is 5.82. The molecule has 0 saturated carbocycles. The zero-order valence-electron chi connectivity index (χ0n) is 10.1. The summed E-state index contributed by atoms with van der Waals surface area (Å²) in [5.74, 6) is -0.662. The van der Waals surface area contributed by atoms with Gasteiger partial charge in [-0.1, -0.05) is 37.9 Å². The van der Waals surface area contributed by atoms with Gasteiger partial charge in [-0.15, -0.1) is 0 Å². The molecule has 5 heteroatoms. The molecular formula is C15H8Br2FNO. The molecule has 0 aliphatic rings. The Balaban J connectivity index is 2.18. The number of aromatic amines is 1. The average molecular weight is 397 g/mol. The molecule has 0 atom stereocenters. The van der Waals surface area contributed by atoms with E-state index in [1.54, 1.807) is 12.3 Å². The lowest BCUT2D eigenvalue weighted by Gasteiger charge is -2.02. The normalized spacial score (nSPS) is 10.9. The number of aromatic nitrogens is 1. The van der Waals surface area contributed by atoms with E-state index in [0.29, 0.717) is 15.6 Å². The Bertz CT molecular complexity index is 806. The highest BCUT2D eigenvalue weighted by molar-refractivity contribution is 9.11. The Hall–Kier alpha value is -1.46. The van der Waals surface area contributed by atoms with Crippen LogP contribution >= 0.6 is 31.9 Å². The van der Waals surface area contributed by atoms with Crippen molar-refractivity contribution in [2.24, 2.45) is 0 Å². The SMILES string of the molecule is O=C(c1cc(F)cc(Br)c1)c1c[nH]c2cccc(Br)c12. The minimum atomic E-state index is -0.443. The van der Waals surface area contributed by atoms with Gasteiger partial charge in [0, 0.05) is 37.2 Å². The summed E-state index contributed by atoms with van der Waals surface area (Å²) in [6.07, 6.45) is 1.65. The molecule has 0 amide bonds. The molecule has 0 aliphatic heterocycles. The van der Waals surface area contributed by atoms with Crippen molar-refractivity contribution in [2.45, 2.75) is 0 Å². The van der Waals surface area contributed by atoms with Crippen LogP contribution < -0.4 is 0 Å². The lowest BCUT2D eigenvalue weighted by atomic mass is 10.0. The van der Waals surface area contributed by atoms with Crippen LogP contribution in [0.15, 0.2) is 51.5 Å². The minimum absolute atomic E-state index is 0.219. The highest BCUT2D eigenvalue weighted by atomic mass is 79.9. The molecule has 1 aromatic heterocycles. The smallest absolute Gasteiger partial charge is 0.195 e. The summed E-state index contributed by atoms with van der Waals surface area (Å²) in [7, 11) is 0. The number of carbonyl (C=O) groups excluding carboxylic acids is 1. The predicted molar refractivity (Wildman–Crippen MR) is 83.5 cm³/mol. The number of hydrogen-bond donors (Lipinski definition) is 1. The summed E-state index contributed by atoms with van der Waals surface area (Å²) in [4.78, 5) is 15.6. The van der Waals surface area contributed by atoms with Crippen LogP contribution in [0.3, 0.4) is 0 Å². The number of ketones is 1. The number of carbonyl (C=O) groups is 1. The summed E-state index contributed by atoms with van der Waals surface area (Å²) >= 11 is 6.64. The Labute approximate surface area is 131 Å². The standard InChI is InChI=1S/C15H8Br2FNO/c16-9-4-8(5-10(18)6-9)15(20)11-7-19-13-3-1-2-12(17)14(11)13/h1-7,19H. The van der Waals surface area contributed by atoms with Gasteiger partial charge in [0.1, 0.15) is 5.82 Å². The molecule has 0 radical (unpaired) electrons. The lowest BCUT2D eigenvalue weighted by molar-refractivity contribution is 0.104. The van der Waals surface area contributed by atoms with Gasteiger partial charge < -0.3 is 4.98 Å². The van der Waals surface area contributed by atoms with Gasteiger partial charge in [0.05, 0.1) is 0 Å². The maximum atomic E-state index is 13.4. The zero-order chi connectivity index (χ0) is 14.3. The van der Waals surface area contributed by atoms with Crippen molar-refractivity contribution in [2.75, 3.05) is 0 Å². The van der Waals surface area contributed by atoms with Crippen LogP contribution in [0.5, 0.6) is 0 Å². The Morgan fingerprint density at radius 2 is 1.95 bits per heavy atom. The molecule has 3 aromatic rings. The van der Waals surface area contributed by atoms with E-state index in [4.69, 9.17) is 0 Å². The summed E-state index contributed by atoms with van der Waals surface area (Å²) in [6, 6.07) is 9.81. The maximum absolute atomic E-state index is 13.4. The second-order valence-electron chi connectivity index (χ2n) is 4.35. The van der Waals surface area contributed by atoms with Gasteiger partial charge in [-0.05, 0) is 30.3 Å². The third-order valence-corrected chi connectivity index (χ3v) is 4.14. The van der Waals surface area contributed by atoms with E-state index in [1.165, 1.54) is 12.1 Å². The van der Waals surface area contributed by atoms with Crippen molar-refractivity contribution in [1.29, 1.82) is 0 Å². The first-order chi connectivity index (χ1) is 9.56. The van der Waals surface area contributed by atoms with Crippen LogP contribution in [-0.2, 0) is 0 Å². The number of H-pyrrole nitrogens is 1. The Morgan fingerprint density at radius 1 is 1.15 bits per heavy atom. The largest absolute Gasteiger partial charge is 0.360 e. The van der Waals surface area contributed by atoms with E-state index in [0.717, 1.165) is 15.4 Å². The van der Waals surface area contributed by atoms with E-state index >= 15 is 0 Å². The summed E-state index contributed by atoms with van der Waals surface area (Å²) < 4.78 is 14.8. The molecule has 0 saturated heterocycles. The number of nitrogens with one attached hydrogen (secondary N) is 1. The summed E-state index contributed by atoms with van der Waals surface area (Å²) in [5, 5.41) is 0.804. The van der Waals surface area contributed by atoms with Gasteiger partial charge in [-0.25, -0.2) is 4.39 Å². The van der Waals surface area contributed by atoms with Gasteiger partial charge in [0.2, 0.25) is 0 Å². The molecule has 0 fully saturated rings. The van der Waals surface area contributed by atoms with Crippen molar-refractivity contribution in [3.05, 3.63) is 68.5 Å². The molecule has 1 N–H and O–H groups in total. The van der Waals surface area contributed by atoms with Crippen molar-refractivity contribution in [1.82, 2.24) is 4.98 Å². The molecule has 0 aliphatic carbocycles. The number of hydrogen-bond acceptors (Lipinski definition) is 1. The fourth-order valence-corrected chi connectivity index (χ4v) is 3.20. The van der Waals surface area contributed by atoms with Crippen molar-refractivity contribution >= 4 is 48.5 Å². The summed E-state index contributed by atoms with van der Waals surface area (Å²) in [5.41, 5.74) is 1.69. The van der Waals surface area contributed by atoms with Crippen LogP contribution in [0.1, 0.15) is 15.9 Å². The van der Waals surface area contributed by atoms with Crippen LogP contribution in [0, 0.1) is 5.82 Å². The second-order valence-corrected chi connectivity index (χ2v) is 6.12. The van der Waals surface area contributed by atoms with Crippen molar-refractivity contribution in [3.8, 4) is 0 Å². The zero-order valence-corrected chi connectivity index (χ0v) is 13.3. The molecule has 0 bridgehead atoms. The molecule has 0 spiro atoms. The first-order valence-corrected chi connectivity index (χ1v) is 7.41. The van der Waals surface area contributed by atoms with Crippen LogP contribution in [-0.4, -0.2) is 10.8 Å². The third-order valence-electron chi connectivity index (χ3n) is 3.02. The molecule has 20 heavy (non-hydrogen) atoms. The minimum Gasteiger partial charge on any atom is -0.360 e. The second kappa shape index (κ2) is 5.14. The molecule has 2 aromatic carbocycles. The monoisotopic (exact) mass is 395 g/mol. The molecule has 100 valence electrons. The van der Waals surface area contributed by atoms with Gasteiger partial charge in [0.25, 0.3) is 0 Å². The topological polar surface area (TPSA) is 32.9 Å². The van der Waals surface area contributed by atoms with E-state index < -0.39 is 5.82 Å². The highest BCUT2D eigenvalue weighted by Gasteiger charge is 2.17. The average Bonchev–Trinajstić information content (AvgIpc) is 2.82. The first kappa shape index (κ1) is 13.5. The van der Waals surface area contributed by atoms with E-state index in [-0.39, 0.29) is 5.78 Å². The molecular weight excluding hydrogens is 389 g/mol. The molecule has 0 unspecified atom stereocenters. The van der Waals surface area contributed by atoms with Crippen molar-refractivity contribution in [3.63, 3.8) is 0 Å². The predicted octanol–water partition coefficient (Wildman–Crippen LogP) is 5.06. The Morgan fingerprint density at radius 3 is 2.70 bits per heavy atom. The molecule has 2 nitrogen and oxygen atoms in total. The van der Waals surface area contributed by atoms with Gasteiger partial charge in [0.15, 0.2) is 5.78 Å². The van der Waals surface area contributed by atoms with Crippen molar-refractivity contribution < 1.29 is 9.18 Å². The Kier molecular flexibility index (Phi) is 3.48. The van der Waals surface area contributed by atoms with E-state index in [1.807, 2.05) is 18.2 Å². The summed E-state index contributed by atoms with van der Waals surface area (Å²) in [6.45, 7) is 0. The van der Waals surface area contributed by atoms with Gasteiger partial charge >= 0.3 is 0 Å². The van der Waals surface area contributed by atoms with Crippen LogP contribution in [0.4, 0.5) is 4.39 Å².